The van der Waals surface area contributed by atoms with Crippen LogP contribution in [0, 0.1) is 35.5 Å². The first-order chi connectivity index (χ1) is 18.9. The lowest BCUT2D eigenvalue weighted by Gasteiger charge is -2.40. The fourth-order valence-electron chi connectivity index (χ4n) is 7.73. The summed E-state index contributed by atoms with van der Waals surface area (Å²) in [6.07, 6.45) is 15.1. The predicted molar refractivity (Wildman–Crippen MR) is 180 cm³/mol. The van der Waals surface area contributed by atoms with E-state index < -0.39 is 16.6 Å². The van der Waals surface area contributed by atoms with Gasteiger partial charge < -0.3 is 8.85 Å². The smallest absolute Gasteiger partial charge is 0.183 e. The zero-order valence-electron chi connectivity index (χ0n) is 28.2. The maximum Gasteiger partial charge on any atom is 0.183 e. The standard InChI is InChI=1S/C34H66N2O2Si2/c1-11-25-17-15-18-26(12-2)33(25)35-31-21-29(23-37-39(5,6)7)30(24-38-40(8,9)10)22-32(31)36-34-27(13-3)19-16-20-28(34)14-4/h25-30,33-34H,11-24H2,1-10H3. The van der Waals surface area contributed by atoms with E-state index in [0.717, 1.165) is 49.7 Å². The van der Waals surface area contributed by atoms with Gasteiger partial charge in [0.1, 0.15) is 0 Å². The van der Waals surface area contributed by atoms with E-state index in [1.54, 1.807) is 0 Å². The zero-order valence-corrected chi connectivity index (χ0v) is 30.2. The molecule has 0 radical (unpaired) electrons. The third-order valence-electron chi connectivity index (χ3n) is 10.3. The number of nitrogens with zero attached hydrogens (tertiary/aromatic N) is 2. The molecule has 0 aliphatic heterocycles. The van der Waals surface area contributed by atoms with Crippen molar-refractivity contribution in [3.8, 4) is 0 Å². The number of aliphatic imine (C=N–C) groups is 2. The Labute approximate surface area is 251 Å². The molecule has 3 saturated carbocycles. The molecular formula is C34H66N2O2Si2. The van der Waals surface area contributed by atoms with Gasteiger partial charge in [0.25, 0.3) is 0 Å². The van der Waals surface area contributed by atoms with E-state index >= 15 is 0 Å². The van der Waals surface area contributed by atoms with Crippen LogP contribution in [-0.2, 0) is 8.85 Å². The second-order valence-corrected chi connectivity index (χ2v) is 24.5. The van der Waals surface area contributed by atoms with E-state index in [2.05, 4.69) is 67.0 Å². The van der Waals surface area contributed by atoms with Crippen LogP contribution in [0.2, 0.25) is 39.3 Å². The molecule has 4 nitrogen and oxygen atoms in total. The van der Waals surface area contributed by atoms with Gasteiger partial charge in [0.05, 0.1) is 23.5 Å². The van der Waals surface area contributed by atoms with Crippen molar-refractivity contribution < 1.29 is 8.85 Å². The maximum atomic E-state index is 6.61. The second kappa shape index (κ2) is 15.4. The van der Waals surface area contributed by atoms with Crippen molar-refractivity contribution in [1.29, 1.82) is 0 Å². The van der Waals surface area contributed by atoms with Gasteiger partial charge in [-0.3, -0.25) is 9.98 Å². The minimum absolute atomic E-state index is 0.465. The molecule has 3 fully saturated rings. The summed E-state index contributed by atoms with van der Waals surface area (Å²) in [7, 11) is -3.22. The lowest BCUT2D eigenvalue weighted by Crippen LogP contribution is -2.43. The summed E-state index contributed by atoms with van der Waals surface area (Å²) >= 11 is 0. The molecule has 6 atom stereocenters. The molecular weight excluding hydrogens is 525 g/mol. The molecule has 0 aromatic carbocycles. The lowest BCUT2D eigenvalue weighted by atomic mass is 9.73. The minimum Gasteiger partial charge on any atom is -0.417 e. The maximum absolute atomic E-state index is 6.61. The molecule has 0 aromatic heterocycles. The molecule has 40 heavy (non-hydrogen) atoms. The molecule has 3 rings (SSSR count). The number of hydrogen-bond acceptors (Lipinski definition) is 4. The summed E-state index contributed by atoms with van der Waals surface area (Å²) in [5.41, 5.74) is 2.71. The minimum atomic E-state index is -1.61. The van der Waals surface area contributed by atoms with Gasteiger partial charge in [0, 0.05) is 13.2 Å². The molecule has 0 heterocycles. The predicted octanol–water partition coefficient (Wildman–Crippen LogP) is 9.81. The lowest BCUT2D eigenvalue weighted by molar-refractivity contribution is 0.139. The van der Waals surface area contributed by atoms with E-state index in [1.165, 1.54) is 75.6 Å². The molecule has 232 valence electrons. The fraction of sp³-hybridized carbons (Fsp3) is 0.941. The Morgan fingerprint density at radius 3 is 1.07 bits per heavy atom. The molecule has 6 unspecified atom stereocenters. The molecule has 0 aromatic rings. The molecule has 3 aliphatic rings. The Hall–Kier alpha value is -0.306. The van der Waals surface area contributed by atoms with Crippen LogP contribution in [0.1, 0.15) is 105 Å². The summed E-state index contributed by atoms with van der Waals surface area (Å²) in [5, 5.41) is 0. The Kier molecular flexibility index (Phi) is 13.2. The van der Waals surface area contributed by atoms with Crippen molar-refractivity contribution in [2.24, 2.45) is 45.5 Å². The summed E-state index contributed by atoms with van der Waals surface area (Å²) in [6.45, 7) is 25.2. The molecule has 0 amide bonds. The average molecular weight is 591 g/mol. The SMILES string of the molecule is CCC1CCCC(CC)C1N=C1CC(CO[Si](C)(C)C)C(CO[Si](C)(C)C)CC1=NC1C(CC)CCCC1CC. The van der Waals surface area contributed by atoms with Crippen LogP contribution in [0.5, 0.6) is 0 Å². The van der Waals surface area contributed by atoms with E-state index in [-0.39, 0.29) is 0 Å². The fourth-order valence-corrected chi connectivity index (χ4v) is 9.15. The van der Waals surface area contributed by atoms with Gasteiger partial charge >= 0.3 is 0 Å². The summed E-state index contributed by atoms with van der Waals surface area (Å²) in [6, 6.07) is 0.931. The van der Waals surface area contributed by atoms with Gasteiger partial charge in [-0.25, -0.2) is 0 Å². The topological polar surface area (TPSA) is 43.2 Å². The van der Waals surface area contributed by atoms with Crippen molar-refractivity contribution >= 4 is 28.1 Å². The molecule has 0 bridgehead atoms. The third-order valence-corrected chi connectivity index (χ3v) is 12.4. The van der Waals surface area contributed by atoms with Gasteiger partial charge in [-0.05, 0) is 113 Å². The monoisotopic (exact) mass is 590 g/mol. The van der Waals surface area contributed by atoms with Crippen LogP contribution in [0.15, 0.2) is 9.98 Å². The quantitative estimate of drug-likeness (QED) is 0.212. The van der Waals surface area contributed by atoms with Gasteiger partial charge in [-0.2, -0.15) is 0 Å². The van der Waals surface area contributed by atoms with Crippen molar-refractivity contribution in [2.75, 3.05) is 13.2 Å². The highest BCUT2D eigenvalue weighted by Crippen LogP contribution is 2.40. The van der Waals surface area contributed by atoms with Crippen LogP contribution >= 0.6 is 0 Å². The first-order valence-electron chi connectivity index (χ1n) is 17.3. The molecule has 0 N–H and O–H groups in total. The van der Waals surface area contributed by atoms with Gasteiger partial charge in [-0.1, -0.05) is 66.2 Å². The Morgan fingerprint density at radius 2 is 0.825 bits per heavy atom. The average Bonchev–Trinajstić information content (AvgIpc) is 2.91. The highest BCUT2D eigenvalue weighted by Gasteiger charge is 2.39. The van der Waals surface area contributed by atoms with Crippen LogP contribution < -0.4 is 0 Å². The highest BCUT2D eigenvalue weighted by atomic mass is 28.4. The van der Waals surface area contributed by atoms with E-state index in [0.29, 0.717) is 23.9 Å². The van der Waals surface area contributed by atoms with Gasteiger partial charge in [-0.15, -0.1) is 0 Å². The summed E-state index contributed by atoms with van der Waals surface area (Å²) in [4.78, 5) is 11.6. The van der Waals surface area contributed by atoms with E-state index in [9.17, 15) is 0 Å². The van der Waals surface area contributed by atoms with Crippen LogP contribution in [-0.4, -0.2) is 53.4 Å². The molecule has 3 aliphatic carbocycles. The largest absolute Gasteiger partial charge is 0.417 e. The Bertz CT molecular complexity index is 739. The number of hydrogen-bond donors (Lipinski definition) is 0. The first kappa shape index (κ1) is 34.2. The Balaban J connectivity index is 2.04. The van der Waals surface area contributed by atoms with Gasteiger partial charge in [0.15, 0.2) is 16.6 Å². The first-order valence-corrected chi connectivity index (χ1v) is 24.1. The van der Waals surface area contributed by atoms with Crippen LogP contribution in [0.3, 0.4) is 0 Å². The second-order valence-electron chi connectivity index (χ2n) is 15.4. The highest BCUT2D eigenvalue weighted by molar-refractivity contribution is 6.70. The number of rotatable bonds is 12. The van der Waals surface area contributed by atoms with Crippen molar-refractivity contribution in [2.45, 2.75) is 156 Å². The zero-order chi connectivity index (χ0) is 29.5. The molecule has 6 heteroatoms. The van der Waals surface area contributed by atoms with Crippen LogP contribution in [0.4, 0.5) is 0 Å². The van der Waals surface area contributed by atoms with Crippen molar-refractivity contribution in [3.63, 3.8) is 0 Å². The van der Waals surface area contributed by atoms with Gasteiger partial charge in [0.2, 0.25) is 0 Å². The molecule has 0 spiro atoms. The van der Waals surface area contributed by atoms with Crippen molar-refractivity contribution in [3.05, 3.63) is 0 Å². The third kappa shape index (κ3) is 9.87. The van der Waals surface area contributed by atoms with E-state index in [1.807, 2.05) is 0 Å². The molecule has 0 saturated heterocycles. The van der Waals surface area contributed by atoms with E-state index in [4.69, 9.17) is 18.8 Å². The van der Waals surface area contributed by atoms with Crippen LogP contribution in [0.25, 0.3) is 0 Å². The van der Waals surface area contributed by atoms with Crippen molar-refractivity contribution in [1.82, 2.24) is 0 Å². The summed E-state index contributed by atoms with van der Waals surface area (Å²) in [5.74, 6) is 3.83. The normalized spacial score (nSPS) is 36.4. The Morgan fingerprint density at radius 1 is 0.525 bits per heavy atom. The summed E-state index contributed by atoms with van der Waals surface area (Å²) < 4.78 is 13.2.